The van der Waals surface area contributed by atoms with Gasteiger partial charge in [-0.1, -0.05) is 30.3 Å². The standard InChI is InChI=1S/C17H22O2/c1-11(2)16(18)19-17(4,5)15-9-8-13-7-6-12(3)10-14(13)15/h6-7,10,15H,1,8-9H2,2-5H3. The van der Waals surface area contributed by atoms with Crippen molar-refractivity contribution in [2.75, 3.05) is 0 Å². The van der Waals surface area contributed by atoms with Crippen molar-refractivity contribution in [2.45, 2.75) is 52.1 Å². The van der Waals surface area contributed by atoms with Gasteiger partial charge < -0.3 is 4.74 Å². The molecule has 0 heterocycles. The molecule has 102 valence electrons. The summed E-state index contributed by atoms with van der Waals surface area (Å²) in [6, 6.07) is 6.57. The summed E-state index contributed by atoms with van der Waals surface area (Å²) >= 11 is 0. The minimum absolute atomic E-state index is 0.269. The Morgan fingerprint density at radius 2 is 2.11 bits per heavy atom. The Balaban J connectivity index is 2.27. The molecular weight excluding hydrogens is 236 g/mol. The highest BCUT2D eigenvalue weighted by Crippen LogP contribution is 2.42. The molecule has 0 saturated carbocycles. The van der Waals surface area contributed by atoms with Gasteiger partial charge in [-0.15, -0.1) is 0 Å². The summed E-state index contributed by atoms with van der Waals surface area (Å²) < 4.78 is 5.64. The number of esters is 1. The first kappa shape index (κ1) is 13.9. The molecule has 0 bridgehead atoms. The van der Waals surface area contributed by atoms with Crippen LogP contribution in [0.2, 0.25) is 0 Å². The summed E-state index contributed by atoms with van der Waals surface area (Å²) in [4.78, 5) is 11.8. The van der Waals surface area contributed by atoms with Crippen molar-refractivity contribution in [3.63, 3.8) is 0 Å². The average molecular weight is 258 g/mol. The van der Waals surface area contributed by atoms with E-state index in [0.29, 0.717) is 5.57 Å². The van der Waals surface area contributed by atoms with Crippen molar-refractivity contribution in [2.24, 2.45) is 0 Å². The maximum atomic E-state index is 11.8. The second-order valence-electron chi connectivity index (χ2n) is 6.07. The molecule has 0 saturated heterocycles. The number of carbonyl (C=O) groups excluding carboxylic acids is 1. The number of fused-ring (bicyclic) bond motifs is 1. The maximum absolute atomic E-state index is 11.8. The summed E-state index contributed by atoms with van der Waals surface area (Å²) in [5.41, 5.74) is 3.94. The summed E-state index contributed by atoms with van der Waals surface area (Å²) in [7, 11) is 0. The second kappa shape index (κ2) is 4.84. The Kier molecular flexibility index (Phi) is 3.53. The topological polar surface area (TPSA) is 26.3 Å². The van der Waals surface area contributed by atoms with Crippen LogP contribution >= 0.6 is 0 Å². The molecule has 0 N–H and O–H groups in total. The highest BCUT2D eigenvalue weighted by Gasteiger charge is 2.38. The number of aryl methyl sites for hydroxylation is 2. The Bertz CT molecular complexity index is 526. The van der Waals surface area contributed by atoms with Crippen molar-refractivity contribution < 1.29 is 9.53 Å². The molecule has 2 rings (SSSR count). The first-order chi connectivity index (χ1) is 8.81. The Morgan fingerprint density at radius 1 is 1.42 bits per heavy atom. The highest BCUT2D eigenvalue weighted by atomic mass is 16.6. The number of ether oxygens (including phenoxy) is 1. The van der Waals surface area contributed by atoms with Gasteiger partial charge in [0.05, 0.1) is 0 Å². The lowest BCUT2D eigenvalue weighted by molar-refractivity contribution is -0.153. The van der Waals surface area contributed by atoms with Gasteiger partial charge in [-0.25, -0.2) is 4.79 Å². The van der Waals surface area contributed by atoms with Crippen molar-refractivity contribution in [1.82, 2.24) is 0 Å². The fraction of sp³-hybridized carbons (Fsp3) is 0.471. The smallest absolute Gasteiger partial charge is 0.333 e. The van der Waals surface area contributed by atoms with Crippen LogP contribution in [0, 0.1) is 6.92 Å². The summed E-state index contributed by atoms with van der Waals surface area (Å²) in [6.45, 7) is 11.4. The molecule has 1 aliphatic rings. The molecular formula is C17H22O2. The molecule has 0 spiro atoms. The third-order valence-electron chi connectivity index (χ3n) is 3.92. The number of hydrogen-bond acceptors (Lipinski definition) is 2. The van der Waals surface area contributed by atoms with Gasteiger partial charge in [0.1, 0.15) is 5.60 Å². The molecule has 2 heteroatoms. The van der Waals surface area contributed by atoms with Gasteiger partial charge in [0, 0.05) is 11.5 Å². The van der Waals surface area contributed by atoms with Gasteiger partial charge in [0.2, 0.25) is 0 Å². The normalized spacial score (nSPS) is 18.0. The zero-order valence-corrected chi connectivity index (χ0v) is 12.2. The number of rotatable bonds is 3. The average Bonchev–Trinajstić information content (AvgIpc) is 2.71. The second-order valence-corrected chi connectivity index (χ2v) is 6.07. The third-order valence-corrected chi connectivity index (χ3v) is 3.92. The van der Waals surface area contributed by atoms with Crippen molar-refractivity contribution in [3.05, 3.63) is 47.0 Å². The van der Waals surface area contributed by atoms with E-state index in [-0.39, 0.29) is 11.9 Å². The van der Waals surface area contributed by atoms with Crippen molar-refractivity contribution in [3.8, 4) is 0 Å². The largest absolute Gasteiger partial charge is 0.456 e. The van der Waals surface area contributed by atoms with E-state index < -0.39 is 5.60 Å². The van der Waals surface area contributed by atoms with Gasteiger partial charge in [0.15, 0.2) is 0 Å². The highest BCUT2D eigenvalue weighted by molar-refractivity contribution is 5.87. The van der Waals surface area contributed by atoms with E-state index >= 15 is 0 Å². The van der Waals surface area contributed by atoms with E-state index in [4.69, 9.17) is 4.74 Å². The number of carbonyl (C=O) groups is 1. The fourth-order valence-electron chi connectivity index (χ4n) is 2.84. The molecule has 19 heavy (non-hydrogen) atoms. The quantitative estimate of drug-likeness (QED) is 0.606. The van der Waals surface area contributed by atoms with Gasteiger partial charge in [-0.2, -0.15) is 0 Å². The van der Waals surface area contributed by atoms with E-state index in [1.165, 1.54) is 16.7 Å². The van der Waals surface area contributed by atoms with Crippen LogP contribution < -0.4 is 0 Å². The van der Waals surface area contributed by atoms with Gasteiger partial charge >= 0.3 is 5.97 Å². The molecule has 0 aromatic heterocycles. The van der Waals surface area contributed by atoms with Crippen LogP contribution in [0.3, 0.4) is 0 Å². The molecule has 2 nitrogen and oxygen atoms in total. The molecule has 0 radical (unpaired) electrons. The molecule has 0 aliphatic heterocycles. The number of hydrogen-bond donors (Lipinski definition) is 0. The minimum Gasteiger partial charge on any atom is -0.456 e. The van der Waals surface area contributed by atoms with Gasteiger partial charge in [0.25, 0.3) is 0 Å². The first-order valence-electron chi connectivity index (χ1n) is 6.79. The predicted molar refractivity (Wildman–Crippen MR) is 77.2 cm³/mol. The molecule has 1 atom stereocenters. The summed E-state index contributed by atoms with van der Waals surface area (Å²) in [6.07, 6.45) is 2.10. The van der Waals surface area contributed by atoms with Crippen molar-refractivity contribution >= 4 is 5.97 Å². The van der Waals surface area contributed by atoms with Crippen LogP contribution in [0.4, 0.5) is 0 Å². The minimum atomic E-state index is -0.491. The van der Waals surface area contributed by atoms with Crippen LogP contribution in [0.5, 0.6) is 0 Å². The lowest BCUT2D eigenvalue weighted by Crippen LogP contribution is -2.34. The van der Waals surface area contributed by atoms with E-state index in [9.17, 15) is 4.79 Å². The first-order valence-corrected chi connectivity index (χ1v) is 6.79. The molecule has 1 aromatic carbocycles. The maximum Gasteiger partial charge on any atom is 0.333 e. The predicted octanol–water partition coefficient (Wildman–Crippen LogP) is 3.92. The van der Waals surface area contributed by atoms with Crippen LogP contribution in [0.15, 0.2) is 30.4 Å². The lowest BCUT2D eigenvalue weighted by Gasteiger charge is -2.32. The Morgan fingerprint density at radius 3 is 2.74 bits per heavy atom. The monoisotopic (exact) mass is 258 g/mol. The van der Waals surface area contributed by atoms with E-state index in [2.05, 4.69) is 31.7 Å². The molecule has 1 aromatic rings. The summed E-state index contributed by atoms with van der Waals surface area (Å²) in [5, 5.41) is 0. The van der Waals surface area contributed by atoms with E-state index in [1.807, 2.05) is 13.8 Å². The molecule has 0 amide bonds. The van der Waals surface area contributed by atoms with Crippen LogP contribution in [0.1, 0.15) is 49.8 Å². The summed E-state index contributed by atoms with van der Waals surface area (Å²) in [5.74, 6) is -0.0307. The van der Waals surface area contributed by atoms with Crippen LogP contribution in [-0.2, 0) is 16.0 Å². The molecule has 1 unspecified atom stereocenters. The molecule has 1 aliphatic carbocycles. The van der Waals surface area contributed by atoms with E-state index in [0.717, 1.165) is 12.8 Å². The zero-order valence-electron chi connectivity index (χ0n) is 12.2. The Labute approximate surface area is 115 Å². The molecule has 0 fully saturated rings. The zero-order chi connectivity index (χ0) is 14.2. The third kappa shape index (κ3) is 2.73. The van der Waals surface area contributed by atoms with Gasteiger partial charge in [-0.3, -0.25) is 0 Å². The van der Waals surface area contributed by atoms with Gasteiger partial charge in [-0.05, 0) is 51.7 Å². The lowest BCUT2D eigenvalue weighted by atomic mass is 9.85. The fourth-order valence-corrected chi connectivity index (χ4v) is 2.84. The van der Waals surface area contributed by atoms with E-state index in [1.54, 1.807) is 6.92 Å². The van der Waals surface area contributed by atoms with Crippen molar-refractivity contribution in [1.29, 1.82) is 0 Å². The Hall–Kier alpha value is -1.57. The van der Waals surface area contributed by atoms with Crippen LogP contribution in [-0.4, -0.2) is 11.6 Å². The SMILES string of the molecule is C=C(C)C(=O)OC(C)(C)C1CCc2ccc(C)cc21. The number of benzene rings is 1. The van der Waals surface area contributed by atoms with Crippen LogP contribution in [0.25, 0.3) is 0 Å².